The molecule has 8 heteroatoms. The van der Waals surface area contributed by atoms with Crippen LogP contribution in [0.4, 0.5) is 5.82 Å². The van der Waals surface area contributed by atoms with E-state index in [0.29, 0.717) is 24.6 Å². The summed E-state index contributed by atoms with van der Waals surface area (Å²) < 4.78 is 28.2. The Morgan fingerprint density at radius 3 is 2.77 bits per heavy atom. The van der Waals surface area contributed by atoms with Crippen LogP contribution >= 0.6 is 0 Å². The summed E-state index contributed by atoms with van der Waals surface area (Å²) in [5, 5.41) is 3.95. The van der Waals surface area contributed by atoms with Crippen LogP contribution in [0.25, 0.3) is 11.4 Å². The van der Waals surface area contributed by atoms with Crippen molar-refractivity contribution in [2.45, 2.75) is 12.8 Å². The second kappa shape index (κ2) is 5.68. The van der Waals surface area contributed by atoms with Gasteiger partial charge in [0.15, 0.2) is 9.84 Å². The molecule has 2 aromatic heterocycles. The Bertz CT molecular complexity index is 753. The molecule has 0 amide bonds. The molecule has 1 aliphatic heterocycles. The Morgan fingerprint density at radius 1 is 1.36 bits per heavy atom. The number of hydrogen-bond acceptors (Lipinski definition) is 7. The molecule has 0 aliphatic carbocycles. The standard InChI is InChI=1S/C14H18N4O3S/c1-18(2)12-4-3-11(8-15-12)14-16-13(21-17-14)7-10-5-6-22(19,20)9-10/h3-4,8,10H,5-7,9H2,1-2H3. The third kappa shape index (κ3) is 3.27. The molecule has 0 spiro atoms. The minimum atomic E-state index is -2.88. The van der Waals surface area contributed by atoms with Gasteiger partial charge in [-0.25, -0.2) is 13.4 Å². The van der Waals surface area contributed by atoms with Gasteiger partial charge in [-0.1, -0.05) is 5.16 Å². The summed E-state index contributed by atoms with van der Waals surface area (Å²) >= 11 is 0. The van der Waals surface area contributed by atoms with Crippen molar-refractivity contribution >= 4 is 15.7 Å². The fourth-order valence-electron chi connectivity index (χ4n) is 2.52. The molecule has 118 valence electrons. The second-order valence-corrected chi connectivity index (χ2v) is 8.01. The van der Waals surface area contributed by atoms with E-state index in [4.69, 9.17) is 4.52 Å². The van der Waals surface area contributed by atoms with E-state index in [-0.39, 0.29) is 17.4 Å². The number of aromatic nitrogens is 3. The summed E-state index contributed by atoms with van der Waals surface area (Å²) in [6.45, 7) is 0. The van der Waals surface area contributed by atoms with Crippen LogP contribution in [0.1, 0.15) is 12.3 Å². The van der Waals surface area contributed by atoms with Crippen LogP contribution in [0, 0.1) is 5.92 Å². The molecule has 0 bridgehead atoms. The van der Waals surface area contributed by atoms with Crippen molar-refractivity contribution in [3.05, 3.63) is 24.2 Å². The van der Waals surface area contributed by atoms with Crippen molar-refractivity contribution in [3.63, 3.8) is 0 Å². The normalized spacial score (nSPS) is 20.2. The van der Waals surface area contributed by atoms with Crippen LogP contribution in [-0.2, 0) is 16.3 Å². The minimum absolute atomic E-state index is 0.0764. The van der Waals surface area contributed by atoms with Crippen molar-refractivity contribution < 1.29 is 12.9 Å². The number of pyridine rings is 1. The molecule has 0 radical (unpaired) electrons. The van der Waals surface area contributed by atoms with Gasteiger partial charge in [-0.05, 0) is 24.5 Å². The summed E-state index contributed by atoms with van der Waals surface area (Å²) in [4.78, 5) is 10.6. The van der Waals surface area contributed by atoms with E-state index in [1.807, 2.05) is 31.1 Å². The van der Waals surface area contributed by atoms with Crippen LogP contribution in [0.5, 0.6) is 0 Å². The first-order chi connectivity index (χ1) is 10.4. The molecule has 7 nitrogen and oxygen atoms in total. The van der Waals surface area contributed by atoms with E-state index in [9.17, 15) is 8.42 Å². The first-order valence-electron chi connectivity index (χ1n) is 7.10. The Kier molecular flexibility index (Phi) is 3.86. The van der Waals surface area contributed by atoms with Gasteiger partial charge in [-0.15, -0.1) is 0 Å². The molecule has 0 N–H and O–H groups in total. The van der Waals surface area contributed by atoms with Gasteiger partial charge >= 0.3 is 0 Å². The summed E-state index contributed by atoms with van der Waals surface area (Å²) in [7, 11) is 0.963. The number of sulfone groups is 1. The fourth-order valence-corrected chi connectivity index (χ4v) is 4.38. The molecule has 2 aromatic rings. The van der Waals surface area contributed by atoms with E-state index >= 15 is 0 Å². The quantitative estimate of drug-likeness (QED) is 0.834. The molecule has 0 saturated carbocycles. The van der Waals surface area contributed by atoms with E-state index in [2.05, 4.69) is 15.1 Å². The van der Waals surface area contributed by atoms with Crippen molar-refractivity contribution in [2.75, 3.05) is 30.5 Å². The predicted octanol–water partition coefficient (Wildman–Crippen LogP) is 1.17. The average Bonchev–Trinajstić information content (AvgIpc) is 3.06. The molecule has 1 unspecified atom stereocenters. The molecule has 3 heterocycles. The van der Waals surface area contributed by atoms with Crippen molar-refractivity contribution in [2.24, 2.45) is 5.92 Å². The van der Waals surface area contributed by atoms with Crippen molar-refractivity contribution in [1.82, 2.24) is 15.1 Å². The Morgan fingerprint density at radius 2 is 2.18 bits per heavy atom. The molecule has 1 atom stereocenters. The molecule has 22 heavy (non-hydrogen) atoms. The smallest absolute Gasteiger partial charge is 0.227 e. The third-order valence-corrected chi connectivity index (χ3v) is 5.56. The highest BCUT2D eigenvalue weighted by Gasteiger charge is 2.29. The zero-order valence-electron chi connectivity index (χ0n) is 12.6. The van der Waals surface area contributed by atoms with Gasteiger partial charge in [0.1, 0.15) is 5.82 Å². The van der Waals surface area contributed by atoms with E-state index in [1.54, 1.807) is 6.20 Å². The van der Waals surface area contributed by atoms with Crippen LogP contribution in [0.3, 0.4) is 0 Å². The zero-order valence-corrected chi connectivity index (χ0v) is 13.4. The van der Waals surface area contributed by atoms with E-state index < -0.39 is 9.84 Å². The molecule has 0 aromatic carbocycles. The molecular weight excluding hydrogens is 304 g/mol. The molecular formula is C14H18N4O3S. The number of hydrogen-bond donors (Lipinski definition) is 0. The number of rotatable bonds is 4. The van der Waals surface area contributed by atoms with Gasteiger partial charge in [0.25, 0.3) is 0 Å². The number of anilines is 1. The van der Waals surface area contributed by atoms with Gasteiger partial charge in [-0.2, -0.15) is 4.98 Å². The monoisotopic (exact) mass is 322 g/mol. The van der Waals surface area contributed by atoms with Crippen LogP contribution < -0.4 is 4.90 Å². The largest absolute Gasteiger partial charge is 0.363 e. The fraction of sp³-hybridized carbons (Fsp3) is 0.500. The lowest BCUT2D eigenvalue weighted by molar-refractivity contribution is 0.359. The van der Waals surface area contributed by atoms with Crippen molar-refractivity contribution in [3.8, 4) is 11.4 Å². The molecule has 1 fully saturated rings. The Balaban J connectivity index is 1.71. The summed E-state index contributed by atoms with van der Waals surface area (Å²) in [5.41, 5.74) is 0.777. The highest BCUT2D eigenvalue weighted by molar-refractivity contribution is 7.91. The topological polar surface area (TPSA) is 89.2 Å². The third-order valence-electron chi connectivity index (χ3n) is 3.72. The lowest BCUT2D eigenvalue weighted by atomic mass is 10.1. The Labute approximate surface area is 129 Å². The second-order valence-electron chi connectivity index (χ2n) is 5.78. The lowest BCUT2D eigenvalue weighted by Gasteiger charge is -2.10. The number of nitrogens with zero attached hydrogens (tertiary/aromatic N) is 4. The average molecular weight is 322 g/mol. The maximum absolute atomic E-state index is 11.5. The lowest BCUT2D eigenvalue weighted by Crippen LogP contribution is -2.10. The van der Waals surface area contributed by atoms with Crippen LogP contribution in [0.2, 0.25) is 0 Å². The highest BCUT2D eigenvalue weighted by Crippen LogP contribution is 2.23. The van der Waals surface area contributed by atoms with Gasteiger partial charge in [0.2, 0.25) is 11.7 Å². The molecule has 1 aliphatic rings. The van der Waals surface area contributed by atoms with E-state index in [1.165, 1.54) is 0 Å². The summed E-state index contributed by atoms with van der Waals surface area (Å²) in [6, 6.07) is 3.77. The maximum Gasteiger partial charge on any atom is 0.227 e. The van der Waals surface area contributed by atoms with Crippen molar-refractivity contribution in [1.29, 1.82) is 0 Å². The highest BCUT2D eigenvalue weighted by atomic mass is 32.2. The van der Waals surface area contributed by atoms with Gasteiger partial charge in [-0.3, -0.25) is 0 Å². The minimum Gasteiger partial charge on any atom is -0.363 e. The SMILES string of the molecule is CN(C)c1ccc(-c2noc(CC3CCS(=O)(=O)C3)n2)cn1. The van der Waals surface area contributed by atoms with Crippen LogP contribution in [-0.4, -0.2) is 49.1 Å². The Hall–Kier alpha value is -1.96. The summed E-state index contributed by atoms with van der Waals surface area (Å²) in [5.74, 6) is 2.36. The maximum atomic E-state index is 11.5. The zero-order chi connectivity index (χ0) is 15.7. The van der Waals surface area contributed by atoms with E-state index in [0.717, 1.165) is 11.4 Å². The molecule has 3 rings (SSSR count). The predicted molar refractivity (Wildman–Crippen MR) is 82.3 cm³/mol. The molecule has 1 saturated heterocycles. The van der Waals surface area contributed by atoms with Gasteiger partial charge in [0.05, 0.1) is 11.5 Å². The summed E-state index contributed by atoms with van der Waals surface area (Å²) in [6.07, 6.45) is 2.87. The van der Waals surface area contributed by atoms with Gasteiger partial charge in [0, 0.05) is 32.3 Å². The van der Waals surface area contributed by atoms with Crippen LogP contribution in [0.15, 0.2) is 22.9 Å². The first kappa shape index (κ1) is 15.0. The first-order valence-corrected chi connectivity index (χ1v) is 8.92. The van der Waals surface area contributed by atoms with Gasteiger partial charge < -0.3 is 9.42 Å².